The van der Waals surface area contributed by atoms with Gasteiger partial charge in [0.25, 0.3) is 0 Å². The molecule has 7 heteroatoms. The molecule has 0 atom stereocenters. The van der Waals surface area contributed by atoms with E-state index in [1.54, 1.807) is 22.8 Å². The Kier molecular flexibility index (Phi) is 4.73. The van der Waals surface area contributed by atoms with Gasteiger partial charge in [-0.15, -0.1) is 0 Å². The lowest BCUT2D eigenvalue weighted by molar-refractivity contribution is -0.151. The van der Waals surface area contributed by atoms with Crippen LogP contribution in [0.25, 0.3) is 0 Å². The summed E-state index contributed by atoms with van der Waals surface area (Å²) in [5.41, 5.74) is 0.911. The van der Waals surface area contributed by atoms with Crippen LogP contribution in [0.4, 0.5) is 0 Å². The van der Waals surface area contributed by atoms with E-state index >= 15 is 0 Å². The lowest BCUT2D eigenvalue weighted by atomic mass is 10.3. The average Bonchev–Trinajstić information content (AvgIpc) is 2.69. The first kappa shape index (κ1) is 14.5. The summed E-state index contributed by atoms with van der Waals surface area (Å²) in [6, 6.07) is 0. The van der Waals surface area contributed by atoms with Gasteiger partial charge in [-0.1, -0.05) is 0 Å². The van der Waals surface area contributed by atoms with E-state index in [1.165, 1.54) is 4.90 Å². The summed E-state index contributed by atoms with van der Waals surface area (Å²) in [5.74, 6) is -0.879. The van der Waals surface area contributed by atoms with Crippen LogP contribution in [0.2, 0.25) is 0 Å². The van der Waals surface area contributed by atoms with Crippen LogP contribution in [-0.4, -0.2) is 64.6 Å². The van der Waals surface area contributed by atoms with Crippen molar-refractivity contribution in [2.24, 2.45) is 7.05 Å². The van der Waals surface area contributed by atoms with E-state index in [1.807, 2.05) is 13.2 Å². The molecule has 1 N–H and O–H groups in total. The zero-order chi connectivity index (χ0) is 14.5. The fourth-order valence-corrected chi connectivity index (χ4v) is 2.25. The molecular weight excluding hydrogens is 258 g/mol. The smallest absolute Gasteiger partial charge is 0.312 e. The van der Waals surface area contributed by atoms with Crippen LogP contribution < -0.4 is 5.32 Å². The molecule has 2 rings (SSSR count). The number of nitrogens with one attached hydrogen (secondary N) is 1. The monoisotopic (exact) mass is 279 g/mol. The predicted octanol–water partition coefficient (Wildman–Crippen LogP) is -0.800. The molecule has 0 bridgehead atoms. The Labute approximate surface area is 118 Å². The SMILES string of the molecule is CN(Cc1cnn(C)c1)C(=O)C(=O)N1CCCNCC1. The first-order valence-electron chi connectivity index (χ1n) is 6.80. The molecule has 7 nitrogen and oxygen atoms in total. The van der Waals surface area contributed by atoms with Gasteiger partial charge in [-0.3, -0.25) is 14.3 Å². The summed E-state index contributed by atoms with van der Waals surface area (Å²) in [6.45, 7) is 3.25. The fourth-order valence-electron chi connectivity index (χ4n) is 2.25. The van der Waals surface area contributed by atoms with Crippen molar-refractivity contribution in [1.29, 1.82) is 0 Å². The third-order valence-corrected chi connectivity index (χ3v) is 3.34. The summed E-state index contributed by atoms with van der Waals surface area (Å²) in [7, 11) is 3.46. The van der Waals surface area contributed by atoms with Crippen LogP contribution in [0.1, 0.15) is 12.0 Å². The Morgan fingerprint density at radius 3 is 2.90 bits per heavy atom. The number of hydrogen-bond acceptors (Lipinski definition) is 4. The molecule has 0 radical (unpaired) electrons. The molecule has 110 valence electrons. The van der Waals surface area contributed by atoms with Crippen molar-refractivity contribution >= 4 is 11.8 Å². The molecule has 2 amide bonds. The van der Waals surface area contributed by atoms with E-state index in [0.29, 0.717) is 19.6 Å². The van der Waals surface area contributed by atoms with E-state index in [4.69, 9.17) is 0 Å². The second kappa shape index (κ2) is 6.51. The number of carbonyl (C=O) groups excluding carboxylic acids is 2. The van der Waals surface area contributed by atoms with Crippen molar-refractivity contribution in [2.45, 2.75) is 13.0 Å². The number of hydrogen-bond donors (Lipinski definition) is 1. The predicted molar refractivity (Wildman–Crippen MR) is 73.7 cm³/mol. The first-order chi connectivity index (χ1) is 9.58. The average molecular weight is 279 g/mol. The molecule has 0 aliphatic carbocycles. The number of amides is 2. The number of rotatable bonds is 2. The Balaban J connectivity index is 1.93. The van der Waals surface area contributed by atoms with E-state index in [0.717, 1.165) is 25.1 Å². The van der Waals surface area contributed by atoms with Crippen LogP contribution in [0.3, 0.4) is 0 Å². The maximum absolute atomic E-state index is 12.2. The highest BCUT2D eigenvalue weighted by molar-refractivity contribution is 6.34. The Morgan fingerprint density at radius 2 is 2.20 bits per heavy atom. The van der Waals surface area contributed by atoms with Gasteiger partial charge >= 0.3 is 11.8 Å². The Morgan fingerprint density at radius 1 is 1.40 bits per heavy atom. The molecule has 2 heterocycles. The zero-order valence-electron chi connectivity index (χ0n) is 12.0. The van der Waals surface area contributed by atoms with Crippen LogP contribution >= 0.6 is 0 Å². The van der Waals surface area contributed by atoms with Crippen LogP contribution in [0.15, 0.2) is 12.4 Å². The zero-order valence-corrected chi connectivity index (χ0v) is 12.0. The molecule has 1 saturated heterocycles. The minimum atomic E-state index is -0.462. The van der Waals surface area contributed by atoms with E-state index < -0.39 is 11.8 Å². The molecule has 20 heavy (non-hydrogen) atoms. The van der Waals surface area contributed by atoms with Gasteiger partial charge in [0.15, 0.2) is 0 Å². The van der Waals surface area contributed by atoms with Gasteiger partial charge in [0.2, 0.25) is 0 Å². The number of carbonyl (C=O) groups is 2. The van der Waals surface area contributed by atoms with E-state index in [2.05, 4.69) is 10.4 Å². The summed E-state index contributed by atoms with van der Waals surface area (Å²) in [6.07, 6.45) is 4.42. The maximum atomic E-state index is 12.2. The highest BCUT2D eigenvalue weighted by atomic mass is 16.2. The molecule has 0 saturated carbocycles. The highest BCUT2D eigenvalue weighted by Gasteiger charge is 2.25. The minimum absolute atomic E-state index is 0.393. The largest absolute Gasteiger partial charge is 0.333 e. The number of nitrogens with zero attached hydrogens (tertiary/aromatic N) is 4. The minimum Gasteiger partial charge on any atom is -0.333 e. The Hall–Kier alpha value is -1.89. The molecule has 1 aromatic rings. The molecule has 1 aliphatic heterocycles. The lowest BCUT2D eigenvalue weighted by Crippen LogP contribution is -2.44. The molecular formula is C13H21N5O2. The van der Waals surface area contributed by atoms with Gasteiger partial charge in [-0.25, -0.2) is 0 Å². The maximum Gasteiger partial charge on any atom is 0.312 e. The first-order valence-corrected chi connectivity index (χ1v) is 6.80. The van der Waals surface area contributed by atoms with Crippen molar-refractivity contribution in [3.8, 4) is 0 Å². The third-order valence-electron chi connectivity index (χ3n) is 3.34. The highest BCUT2D eigenvalue weighted by Crippen LogP contribution is 2.04. The van der Waals surface area contributed by atoms with Gasteiger partial charge < -0.3 is 15.1 Å². The Bertz CT molecular complexity index is 477. The van der Waals surface area contributed by atoms with Gasteiger partial charge in [-0.05, 0) is 13.0 Å². The van der Waals surface area contributed by atoms with Crippen LogP contribution in [0, 0.1) is 0 Å². The molecule has 0 spiro atoms. The lowest BCUT2D eigenvalue weighted by Gasteiger charge is -2.22. The van der Waals surface area contributed by atoms with Crippen molar-refractivity contribution in [3.63, 3.8) is 0 Å². The molecule has 1 aliphatic rings. The quantitative estimate of drug-likeness (QED) is 0.720. The van der Waals surface area contributed by atoms with Crippen molar-refractivity contribution in [1.82, 2.24) is 24.9 Å². The summed E-state index contributed by atoms with van der Waals surface area (Å²) >= 11 is 0. The topological polar surface area (TPSA) is 70.5 Å². The number of aryl methyl sites for hydroxylation is 1. The summed E-state index contributed by atoms with van der Waals surface area (Å²) < 4.78 is 1.68. The van der Waals surface area contributed by atoms with Gasteiger partial charge in [0, 0.05) is 52.0 Å². The van der Waals surface area contributed by atoms with Gasteiger partial charge in [0.05, 0.1) is 6.20 Å². The second-order valence-corrected chi connectivity index (χ2v) is 5.08. The van der Waals surface area contributed by atoms with Crippen molar-refractivity contribution in [2.75, 3.05) is 33.2 Å². The van der Waals surface area contributed by atoms with Crippen LogP contribution in [-0.2, 0) is 23.2 Å². The fraction of sp³-hybridized carbons (Fsp3) is 0.615. The molecule has 0 unspecified atom stereocenters. The van der Waals surface area contributed by atoms with Crippen molar-refractivity contribution < 1.29 is 9.59 Å². The number of aromatic nitrogens is 2. The summed E-state index contributed by atoms with van der Waals surface area (Å²) in [5, 5.41) is 7.26. The molecule has 1 fully saturated rings. The number of likely N-dealkylation sites (N-methyl/N-ethyl adjacent to an activating group) is 1. The third kappa shape index (κ3) is 3.57. The van der Waals surface area contributed by atoms with Gasteiger partial charge in [0.1, 0.15) is 0 Å². The van der Waals surface area contributed by atoms with E-state index in [-0.39, 0.29) is 0 Å². The molecule has 1 aromatic heterocycles. The van der Waals surface area contributed by atoms with Crippen molar-refractivity contribution in [3.05, 3.63) is 18.0 Å². The van der Waals surface area contributed by atoms with E-state index in [9.17, 15) is 9.59 Å². The molecule has 0 aromatic carbocycles. The summed E-state index contributed by atoms with van der Waals surface area (Å²) in [4.78, 5) is 27.4. The second-order valence-electron chi connectivity index (χ2n) is 5.08. The standard InChI is InChI=1S/C13H21N5O2/c1-16(9-11-8-15-17(2)10-11)12(19)13(20)18-6-3-4-14-5-7-18/h8,10,14H,3-7,9H2,1-2H3. The van der Waals surface area contributed by atoms with Gasteiger partial charge in [-0.2, -0.15) is 5.10 Å². The van der Waals surface area contributed by atoms with Crippen LogP contribution in [0.5, 0.6) is 0 Å². The normalized spacial score (nSPS) is 15.8.